The molecular weight excluding hydrogens is 527 g/mol. The predicted molar refractivity (Wildman–Crippen MR) is 147 cm³/mol. The van der Waals surface area contributed by atoms with E-state index < -0.39 is 5.97 Å². The van der Waals surface area contributed by atoms with Crippen LogP contribution in [0.15, 0.2) is 83.1 Å². The van der Waals surface area contributed by atoms with E-state index in [1.54, 1.807) is 6.07 Å². The molecule has 8 heteroatoms. The summed E-state index contributed by atoms with van der Waals surface area (Å²) in [6.07, 6.45) is 0.614. The Balaban J connectivity index is 1.63. The Labute approximate surface area is 225 Å². The number of carbonyl (C=O) groups is 1. The van der Waals surface area contributed by atoms with Gasteiger partial charge in [-0.15, -0.1) is 11.3 Å². The van der Waals surface area contributed by atoms with Crippen LogP contribution in [0, 0.1) is 23.1 Å². The molecule has 2 heterocycles. The monoisotopic (exact) mass is 544 g/mol. The van der Waals surface area contributed by atoms with Gasteiger partial charge in [-0.1, -0.05) is 29.8 Å². The highest BCUT2D eigenvalue weighted by molar-refractivity contribution is 7.98. The highest BCUT2D eigenvalue weighted by Crippen LogP contribution is 2.50. The molecular formula is C29H18ClFN2O2S2. The number of fused-ring (bicyclic) bond motifs is 1. The normalized spacial score (nSPS) is 16.6. The molecule has 0 bridgehead atoms. The van der Waals surface area contributed by atoms with Gasteiger partial charge in [0.05, 0.1) is 17.1 Å². The Morgan fingerprint density at radius 2 is 1.95 bits per heavy atom. The molecule has 0 saturated heterocycles. The van der Waals surface area contributed by atoms with Crippen molar-refractivity contribution in [2.24, 2.45) is 5.92 Å². The van der Waals surface area contributed by atoms with E-state index in [4.69, 9.17) is 11.6 Å². The number of hydrogen-bond donors (Lipinski definition) is 1. The first-order valence-electron chi connectivity index (χ1n) is 11.5. The molecule has 1 aliphatic rings. The van der Waals surface area contributed by atoms with Crippen LogP contribution in [0.25, 0.3) is 33.3 Å². The summed E-state index contributed by atoms with van der Waals surface area (Å²) >= 11 is 8.95. The molecule has 2 unspecified atom stereocenters. The summed E-state index contributed by atoms with van der Waals surface area (Å²) in [5.74, 6) is -1.55. The SMILES string of the molecule is N#Cc1sccc1-c1c(-c2cccc(C3CC3C(=O)O)c2)n(Sc2ccc(Cl)cc2)c2ccc(F)cc12. The number of thiophene rings is 1. The fourth-order valence-corrected chi connectivity index (χ4v) is 6.64. The van der Waals surface area contributed by atoms with Gasteiger partial charge in [-0.3, -0.25) is 8.77 Å². The number of aromatic nitrogens is 1. The predicted octanol–water partition coefficient (Wildman–Crippen LogP) is 8.44. The zero-order valence-electron chi connectivity index (χ0n) is 19.2. The van der Waals surface area contributed by atoms with Gasteiger partial charge in [0.15, 0.2) is 0 Å². The molecule has 1 aliphatic carbocycles. The Bertz CT molecular complexity index is 1720. The number of hydrogen-bond acceptors (Lipinski definition) is 4. The standard InChI is InChI=1S/C29H18ClFN2O2S2/c30-18-4-7-20(8-5-18)37-33-25-9-6-19(31)13-24(25)27(21-10-11-36-26(21)15-32)28(33)17-3-1-2-16(12-17)22-14-23(22)29(34)35/h1-13,22-23H,14H2,(H,34,35). The smallest absolute Gasteiger partial charge is 0.307 e. The van der Waals surface area contributed by atoms with Crippen LogP contribution >= 0.6 is 34.9 Å². The average Bonchev–Trinajstić information content (AvgIpc) is 3.48. The fourth-order valence-electron chi connectivity index (χ4n) is 4.81. The number of rotatable bonds is 6. The van der Waals surface area contributed by atoms with E-state index in [0.29, 0.717) is 21.7 Å². The van der Waals surface area contributed by atoms with Crippen molar-refractivity contribution in [3.05, 3.63) is 99.5 Å². The van der Waals surface area contributed by atoms with E-state index in [0.717, 1.165) is 38.4 Å². The van der Waals surface area contributed by atoms with Crippen LogP contribution in [0.1, 0.15) is 22.8 Å². The summed E-state index contributed by atoms with van der Waals surface area (Å²) in [4.78, 5) is 13.0. The van der Waals surface area contributed by atoms with Crippen LogP contribution in [-0.4, -0.2) is 15.0 Å². The minimum Gasteiger partial charge on any atom is -0.481 e. The van der Waals surface area contributed by atoms with Gasteiger partial charge in [-0.05, 0) is 89.8 Å². The molecule has 2 aromatic heterocycles. The van der Waals surface area contributed by atoms with Gasteiger partial charge < -0.3 is 5.11 Å². The summed E-state index contributed by atoms with van der Waals surface area (Å²) in [7, 11) is 0. The molecule has 0 aliphatic heterocycles. The van der Waals surface area contributed by atoms with Crippen molar-refractivity contribution in [3.8, 4) is 28.5 Å². The van der Waals surface area contributed by atoms with Gasteiger partial charge >= 0.3 is 5.97 Å². The van der Waals surface area contributed by atoms with Gasteiger partial charge in [0.1, 0.15) is 16.8 Å². The van der Waals surface area contributed by atoms with Crippen LogP contribution in [0.3, 0.4) is 0 Å². The third-order valence-electron chi connectivity index (χ3n) is 6.63. The van der Waals surface area contributed by atoms with Crippen molar-refractivity contribution in [3.63, 3.8) is 0 Å². The lowest BCUT2D eigenvalue weighted by Crippen LogP contribution is -1.99. The second-order valence-corrected chi connectivity index (χ2v) is 11.3. The van der Waals surface area contributed by atoms with Crippen LogP contribution in [-0.2, 0) is 4.79 Å². The molecule has 37 heavy (non-hydrogen) atoms. The van der Waals surface area contributed by atoms with Crippen LogP contribution in [0.4, 0.5) is 4.39 Å². The Hall–Kier alpha value is -3.57. The first-order valence-corrected chi connectivity index (χ1v) is 13.6. The molecule has 2 atom stereocenters. The molecule has 5 aromatic rings. The Morgan fingerprint density at radius 1 is 1.14 bits per heavy atom. The molecule has 1 saturated carbocycles. The Morgan fingerprint density at radius 3 is 2.68 bits per heavy atom. The lowest BCUT2D eigenvalue weighted by molar-refractivity contribution is -0.138. The molecule has 3 aromatic carbocycles. The number of carboxylic acids is 1. The van der Waals surface area contributed by atoms with Gasteiger partial charge in [0.25, 0.3) is 0 Å². The number of benzene rings is 3. The largest absolute Gasteiger partial charge is 0.481 e. The van der Waals surface area contributed by atoms with E-state index in [-0.39, 0.29) is 17.7 Å². The molecule has 0 radical (unpaired) electrons. The summed E-state index contributed by atoms with van der Waals surface area (Å²) in [5, 5.41) is 22.5. The Kier molecular flexibility index (Phi) is 6.04. The van der Waals surface area contributed by atoms with Crippen LogP contribution < -0.4 is 0 Å². The zero-order chi connectivity index (χ0) is 25.7. The van der Waals surface area contributed by atoms with Crippen molar-refractivity contribution >= 4 is 51.8 Å². The molecule has 4 nitrogen and oxygen atoms in total. The summed E-state index contributed by atoms with van der Waals surface area (Å²) < 4.78 is 16.7. The number of carboxylic acid groups (broad SMARTS) is 1. The fraction of sp³-hybridized carbons (Fsp3) is 0.103. The van der Waals surface area contributed by atoms with Gasteiger partial charge in [0, 0.05) is 32.0 Å². The molecule has 1 fully saturated rings. The average molecular weight is 545 g/mol. The minimum absolute atomic E-state index is 0.0316. The van der Waals surface area contributed by atoms with E-state index in [9.17, 15) is 19.6 Å². The minimum atomic E-state index is -0.782. The maximum atomic E-state index is 14.6. The van der Waals surface area contributed by atoms with Crippen LogP contribution in [0.5, 0.6) is 0 Å². The third-order valence-corrected chi connectivity index (χ3v) is 8.74. The highest BCUT2D eigenvalue weighted by Gasteiger charge is 2.44. The van der Waals surface area contributed by atoms with Crippen molar-refractivity contribution in [1.82, 2.24) is 3.97 Å². The first kappa shape index (κ1) is 23.8. The number of halogens is 2. The van der Waals surface area contributed by atoms with Crippen molar-refractivity contribution in [2.45, 2.75) is 17.2 Å². The molecule has 182 valence electrons. The quantitative estimate of drug-likeness (QED) is 0.233. The van der Waals surface area contributed by atoms with Gasteiger partial charge in [0.2, 0.25) is 0 Å². The second kappa shape index (κ2) is 9.38. The molecule has 1 N–H and O–H groups in total. The second-order valence-electron chi connectivity index (χ2n) is 8.91. The molecule has 0 amide bonds. The topological polar surface area (TPSA) is 66.0 Å². The summed E-state index contributed by atoms with van der Waals surface area (Å²) in [6.45, 7) is 0. The van der Waals surface area contributed by atoms with Crippen molar-refractivity contribution in [2.75, 3.05) is 0 Å². The number of aliphatic carboxylic acids is 1. The number of nitriles is 1. The third kappa shape index (κ3) is 4.31. The van der Waals surface area contributed by atoms with E-state index in [2.05, 4.69) is 10.0 Å². The van der Waals surface area contributed by atoms with E-state index >= 15 is 0 Å². The van der Waals surface area contributed by atoms with Gasteiger partial charge in [-0.2, -0.15) is 5.26 Å². The molecule has 6 rings (SSSR count). The lowest BCUT2D eigenvalue weighted by Gasteiger charge is -2.13. The van der Waals surface area contributed by atoms with Crippen molar-refractivity contribution < 1.29 is 14.3 Å². The lowest BCUT2D eigenvalue weighted by atomic mass is 9.97. The number of nitrogens with zero attached hydrogens (tertiary/aromatic N) is 2. The first-order chi connectivity index (χ1) is 17.9. The van der Waals surface area contributed by atoms with Crippen LogP contribution in [0.2, 0.25) is 5.02 Å². The zero-order valence-corrected chi connectivity index (χ0v) is 21.6. The maximum Gasteiger partial charge on any atom is 0.307 e. The molecule has 0 spiro atoms. The highest BCUT2D eigenvalue weighted by atomic mass is 35.5. The van der Waals surface area contributed by atoms with Gasteiger partial charge in [-0.25, -0.2) is 4.39 Å². The van der Waals surface area contributed by atoms with E-state index in [1.165, 1.54) is 35.4 Å². The van der Waals surface area contributed by atoms with Crippen molar-refractivity contribution in [1.29, 1.82) is 5.26 Å². The summed E-state index contributed by atoms with van der Waals surface area (Å²) in [5.41, 5.74) is 4.98. The summed E-state index contributed by atoms with van der Waals surface area (Å²) in [6, 6.07) is 24.3. The van der Waals surface area contributed by atoms with E-state index in [1.807, 2.05) is 60.0 Å². The maximum absolute atomic E-state index is 14.6.